The molecule has 2 aliphatic rings. The van der Waals surface area contributed by atoms with Crippen LogP contribution in [0.25, 0.3) is 0 Å². The van der Waals surface area contributed by atoms with Crippen molar-refractivity contribution >= 4 is 17.8 Å². The van der Waals surface area contributed by atoms with E-state index in [1.54, 1.807) is 14.2 Å². The molecule has 9 heteroatoms. The number of fused-ring (bicyclic) bond motifs is 1. The third-order valence-electron chi connectivity index (χ3n) is 6.90. The molecule has 2 N–H and O–H groups in total. The summed E-state index contributed by atoms with van der Waals surface area (Å²) in [6.45, 7) is 6.74. The number of carboxylic acids is 2. The maximum atomic E-state index is 12.8. The van der Waals surface area contributed by atoms with Gasteiger partial charge in [0.1, 0.15) is 11.5 Å². The number of amides is 1. The van der Waals surface area contributed by atoms with Crippen LogP contribution >= 0.6 is 0 Å². The molecule has 2 aliphatic heterocycles. The number of piperidine rings is 1. The zero-order valence-corrected chi connectivity index (χ0v) is 22.2. The Morgan fingerprint density at radius 3 is 2.08 bits per heavy atom. The molecular weight excluding hydrogens is 488 g/mol. The summed E-state index contributed by atoms with van der Waals surface area (Å²) in [5.74, 6) is 0.202. The molecule has 38 heavy (non-hydrogen) atoms. The second-order valence-electron chi connectivity index (χ2n) is 9.53. The average Bonchev–Trinajstić information content (AvgIpc) is 2.91. The summed E-state index contributed by atoms with van der Waals surface area (Å²) in [5.41, 5.74) is 4.48. The number of ether oxygens (including phenoxy) is 2. The minimum Gasteiger partial charge on any atom is -0.496 e. The minimum atomic E-state index is -1.26. The topological polar surface area (TPSA) is 117 Å². The van der Waals surface area contributed by atoms with Crippen molar-refractivity contribution in [2.24, 2.45) is 5.92 Å². The molecular formula is C29H36N2O7. The van der Waals surface area contributed by atoms with Crippen LogP contribution in [0, 0.1) is 12.8 Å². The van der Waals surface area contributed by atoms with Gasteiger partial charge >= 0.3 is 11.9 Å². The van der Waals surface area contributed by atoms with Crippen molar-refractivity contribution in [2.45, 2.75) is 32.7 Å². The summed E-state index contributed by atoms with van der Waals surface area (Å²) in [4.78, 5) is 36.5. The first-order chi connectivity index (χ1) is 18.2. The summed E-state index contributed by atoms with van der Waals surface area (Å²) in [5, 5.41) is 15.6. The predicted molar refractivity (Wildman–Crippen MR) is 143 cm³/mol. The molecule has 0 unspecified atom stereocenters. The van der Waals surface area contributed by atoms with Crippen molar-refractivity contribution in [1.29, 1.82) is 0 Å². The minimum absolute atomic E-state index is 0.167. The molecule has 0 spiro atoms. The summed E-state index contributed by atoms with van der Waals surface area (Å²) in [6, 6.07) is 11.9. The molecule has 2 aromatic carbocycles. The highest BCUT2D eigenvalue weighted by molar-refractivity contribution is 5.94. The SMILES string of the molecule is COc1ccc(OC)c2c1CCN(CC1CCN(C(=O)c3cccc(C)c3)CC1)C2.O=C(O)/C=C/C(=O)O. The number of rotatable bonds is 7. The molecule has 0 saturated carbocycles. The van der Waals surface area contributed by atoms with Crippen LogP contribution in [0.3, 0.4) is 0 Å². The number of carboxylic acid groups (broad SMARTS) is 2. The van der Waals surface area contributed by atoms with Gasteiger partial charge in [-0.15, -0.1) is 0 Å². The number of nitrogens with zero attached hydrogens (tertiary/aromatic N) is 2. The van der Waals surface area contributed by atoms with Crippen LogP contribution in [-0.2, 0) is 22.6 Å². The standard InChI is InChI=1S/C25H32N2O3.C4H4O4/c1-18-5-4-6-20(15-18)25(28)27-13-9-19(10-14-27)16-26-12-11-21-22(17-26)24(30-3)8-7-23(21)29-2;5-3(6)1-2-4(7)8/h4-8,15,19H,9-14,16-17H2,1-3H3;1-2H,(H,5,6)(H,7,8)/b;2-1+. The second-order valence-corrected chi connectivity index (χ2v) is 9.53. The van der Waals surface area contributed by atoms with Crippen molar-refractivity contribution in [3.8, 4) is 11.5 Å². The Kier molecular flexibility index (Phi) is 10.3. The smallest absolute Gasteiger partial charge is 0.328 e. The van der Waals surface area contributed by atoms with Gasteiger partial charge < -0.3 is 24.6 Å². The molecule has 2 heterocycles. The molecule has 0 aromatic heterocycles. The van der Waals surface area contributed by atoms with Gasteiger partial charge in [0.05, 0.1) is 14.2 Å². The van der Waals surface area contributed by atoms with Crippen molar-refractivity contribution < 1.29 is 34.1 Å². The molecule has 4 rings (SSSR count). The van der Waals surface area contributed by atoms with Crippen LogP contribution in [0.5, 0.6) is 11.5 Å². The number of methoxy groups -OCH3 is 2. The highest BCUT2D eigenvalue weighted by Gasteiger charge is 2.28. The fraction of sp³-hybridized carbons (Fsp3) is 0.414. The Morgan fingerprint density at radius 2 is 1.53 bits per heavy atom. The Balaban J connectivity index is 0.000000436. The van der Waals surface area contributed by atoms with Crippen LogP contribution in [-0.4, -0.2) is 78.3 Å². The van der Waals surface area contributed by atoms with Gasteiger partial charge in [-0.3, -0.25) is 9.69 Å². The molecule has 2 aromatic rings. The molecule has 1 fully saturated rings. The van der Waals surface area contributed by atoms with E-state index in [-0.39, 0.29) is 5.91 Å². The van der Waals surface area contributed by atoms with Gasteiger partial charge in [-0.05, 0) is 56.4 Å². The summed E-state index contributed by atoms with van der Waals surface area (Å²) in [7, 11) is 3.47. The lowest BCUT2D eigenvalue weighted by atomic mass is 9.93. The predicted octanol–water partition coefficient (Wildman–Crippen LogP) is 3.63. The van der Waals surface area contributed by atoms with E-state index in [1.807, 2.05) is 48.2 Å². The fourth-order valence-electron chi connectivity index (χ4n) is 5.00. The Bertz CT molecular complexity index is 1150. The molecule has 0 radical (unpaired) electrons. The van der Waals surface area contributed by atoms with Crippen molar-refractivity contribution in [3.05, 3.63) is 70.8 Å². The van der Waals surface area contributed by atoms with Crippen LogP contribution < -0.4 is 9.47 Å². The Morgan fingerprint density at radius 1 is 0.921 bits per heavy atom. The lowest BCUT2D eigenvalue weighted by Crippen LogP contribution is -2.42. The van der Waals surface area contributed by atoms with Crippen LogP contribution in [0.1, 0.15) is 39.9 Å². The molecule has 1 saturated heterocycles. The molecule has 1 amide bonds. The first-order valence-corrected chi connectivity index (χ1v) is 12.7. The summed E-state index contributed by atoms with van der Waals surface area (Å²) >= 11 is 0. The first kappa shape index (κ1) is 28.7. The first-order valence-electron chi connectivity index (χ1n) is 12.7. The maximum absolute atomic E-state index is 12.8. The van der Waals surface area contributed by atoms with Gasteiger partial charge in [0.15, 0.2) is 0 Å². The van der Waals surface area contributed by atoms with E-state index >= 15 is 0 Å². The zero-order chi connectivity index (χ0) is 27.7. The fourth-order valence-corrected chi connectivity index (χ4v) is 5.00. The number of carbonyl (C=O) groups is 3. The maximum Gasteiger partial charge on any atom is 0.328 e. The highest BCUT2D eigenvalue weighted by Crippen LogP contribution is 2.35. The number of aliphatic carboxylic acids is 2. The van der Waals surface area contributed by atoms with Crippen LogP contribution in [0.4, 0.5) is 0 Å². The number of likely N-dealkylation sites (tertiary alicyclic amines) is 1. The van der Waals surface area contributed by atoms with Crippen molar-refractivity contribution in [2.75, 3.05) is 40.4 Å². The zero-order valence-electron chi connectivity index (χ0n) is 22.2. The number of hydrogen-bond donors (Lipinski definition) is 2. The van der Waals surface area contributed by atoms with E-state index in [0.717, 1.165) is 74.6 Å². The second kappa shape index (κ2) is 13.6. The van der Waals surface area contributed by atoms with Gasteiger partial charge in [0.2, 0.25) is 0 Å². The van der Waals surface area contributed by atoms with Gasteiger partial charge in [0, 0.05) is 61.6 Å². The van der Waals surface area contributed by atoms with Gasteiger partial charge in [-0.25, -0.2) is 9.59 Å². The molecule has 0 aliphatic carbocycles. The quantitative estimate of drug-likeness (QED) is 0.528. The van der Waals surface area contributed by atoms with E-state index in [9.17, 15) is 14.4 Å². The van der Waals surface area contributed by atoms with Crippen LogP contribution in [0.2, 0.25) is 0 Å². The van der Waals surface area contributed by atoms with Crippen LogP contribution in [0.15, 0.2) is 48.6 Å². The largest absolute Gasteiger partial charge is 0.496 e. The summed E-state index contributed by atoms with van der Waals surface area (Å²) in [6.07, 6.45) is 4.23. The molecule has 9 nitrogen and oxygen atoms in total. The van der Waals surface area contributed by atoms with Gasteiger partial charge in [-0.1, -0.05) is 17.7 Å². The van der Waals surface area contributed by atoms with Gasteiger partial charge in [0.25, 0.3) is 5.91 Å². The third kappa shape index (κ3) is 7.82. The normalized spacial score (nSPS) is 15.8. The molecule has 0 atom stereocenters. The number of hydrogen-bond acceptors (Lipinski definition) is 6. The van der Waals surface area contributed by atoms with E-state index in [0.29, 0.717) is 18.1 Å². The van der Waals surface area contributed by atoms with Gasteiger partial charge in [-0.2, -0.15) is 0 Å². The number of benzene rings is 2. The average molecular weight is 525 g/mol. The lowest BCUT2D eigenvalue weighted by Gasteiger charge is -2.37. The van der Waals surface area contributed by atoms with E-state index in [2.05, 4.69) is 4.90 Å². The number of aryl methyl sites for hydroxylation is 1. The van der Waals surface area contributed by atoms with E-state index in [4.69, 9.17) is 19.7 Å². The monoisotopic (exact) mass is 524 g/mol. The molecule has 204 valence electrons. The number of carbonyl (C=O) groups excluding carboxylic acids is 1. The Hall–Kier alpha value is -3.85. The van der Waals surface area contributed by atoms with E-state index in [1.165, 1.54) is 11.1 Å². The van der Waals surface area contributed by atoms with Crippen molar-refractivity contribution in [1.82, 2.24) is 9.80 Å². The van der Waals surface area contributed by atoms with Crippen molar-refractivity contribution in [3.63, 3.8) is 0 Å². The third-order valence-corrected chi connectivity index (χ3v) is 6.90. The summed E-state index contributed by atoms with van der Waals surface area (Å²) < 4.78 is 11.2. The highest BCUT2D eigenvalue weighted by atomic mass is 16.5. The molecule has 0 bridgehead atoms. The van der Waals surface area contributed by atoms with E-state index < -0.39 is 11.9 Å². The Labute approximate surface area is 223 Å². The lowest BCUT2D eigenvalue weighted by molar-refractivity contribution is -0.134.